The van der Waals surface area contributed by atoms with Gasteiger partial charge in [0, 0.05) is 17.6 Å². The average Bonchev–Trinajstić information content (AvgIpc) is 2.90. The van der Waals surface area contributed by atoms with Crippen LogP contribution in [-0.4, -0.2) is 36.1 Å². The average molecular weight is 253 g/mol. The van der Waals surface area contributed by atoms with Crippen molar-refractivity contribution in [3.8, 4) is 0 Å². The second kappa shape index (κ2) is 6.47. The van der Waals surface area contributed by atoms with Crippen molar-refractivity contribution in [2.24, 2.45) is 5.92 Å². The van der Waals surface area contributed by atoms with Crippen molar-refractivity contribution in [2.45, 2.75) is 33.2 Å². The van der Waals surface area contributed by atoms with Crippen LogP contribution in [0.2, 0.25) is 0 Å². The number of hydrogen-bond donors (Lipinski definition) is 1. The summed E-state index contributed by atoms with van der Waals surface area (Å²) in [5.74, 6) is 0.836. The van der Waals surface area contributed by atoms with Gasteiger partial charge in [-0.2, -0.15) is 0 Å². The van der Waals surface area contributed by atoms with Crippen LogP contribution in [0, 0.1) is 12.8 Å². The van der Waals surface area contributed by atoms with Crippen LogP contribution in [0.1, 0.15) is 30.5 Å². The molecule has 2 heterocycles. The standard InChI is InChI=1S/C13H23N3S/c1-3-5-14-7-12-4-6-16(8-12)9-13-15-11(2)10-17-13/h10,12,14H,3-9H2,1-2H3. The van der Waals surface area contributed by atoms with Crippen molar-refractivity contribution in [3.05, 3.63) is 16.1 Å². The Bertz CT molecular complexity index is 337. The molecule has 96 valence electrons. The zero-order chi connectivity index (χ0) is 12.1. The summed E-state index contributed by atoms with van der Waals surface area (Å²) in [4.78, 5) is 7.07. The van der Waals surface area contributed by atoms with Crippen molar-refractivity contribution in [2.75, 3.05) is 26.2 Å². The van der Waals surface area contributed by atoms with Crippen LogP contribution < -0.4 is 5.32 Å². The van der Waals surface area contributed by atoms with Gasteiger partial charge in [-0.05, 0) is 45.3 Å². The molecule has 0 saturated carbocycles. The third kappa shape index (κ3) is 4.05. The number of aromatic nitrogens is 1. The highest BCUT2D eigenvalue weighted by Crippen LogP contribution is 2.19. The molecule has 17 heavy (non-hydrogen) atoms. The molecule has 1 saturated heterocycles. The molecule has 1 aromatic rings. The van der Waals surface area contributed by atoms with Crippen molar-refractivity contribution < 1.29 is 0 Å². The van der Waals surface area contributed by atoms with E-state index in [1.54, 1.807) is 11.3 Å². The number of thiazole rings is 1. The molecule has 1 fully saturated rings. The lowest BCUT2D eigenvalue weighted by atomic mass is 10.1. The molecule has 0 aliphatic carbocycles. The molecular weight excluding hydrogens is 230 g/mol. The van der Waals surface area contributed by atoms with E-state index in [2.05, 4.69) is 34.4 Å². The van der Waals surface area contributed by atoms with Crippen LogP contribution in [0.3, 0.4) is 0 Å². The van der Waals surface area contributed by atoms with Crippen LogP contribution in [0.15, 0.2) is 5.38 Å². The first-order valence-electron chi connectivity index (χ1n) is 6.62. The van der Waals surface area contributed by atoms with E-state index in [1.165, 1.54) is 37.5 Å². The van der Waals surface area contributed by atoms with E-state index in [0.29, 0.717) is 0 Å². The largest absolute Gasteiger partial charge is 0.316 e. The molecule has 1 aliphatic heterocycles. The van der Waals surface area contributed by atoms with Gasteiger partial charge in [-0.1, -0.05) is 6.92 Å². The number of aryl methyl sites for hydroxylation is 1. The molecule has 0 aromatic carbocycles. The van der Waals surface area contributed by atoms with Gasteiger partial charge in [-0.15, -0.1) is 11.3 Å². The van der Waals surface area contributed by atoms with Crippen molar-refractivity contribution >= 4 is 11.3 Å². The van der Waals surface area contributed by atoms with E-state index >= 15 is 0 Å². The van der Waals surface area contributed by atoms with Gasteiger partial charge < -0.3 is 5.32 Å². The summed E-state index contributed by atoms with van der Waals surface area (Å²) in [6.45, 7) is 10.1. The smallest absolute Gasteiger partial charge is 0.107 e. The predicted octanol–water partition coefficient (Wildman–Crippen LogP) is 2.27. The third-order valence-electron chi connectivity index (χ3n) is 3.26. The van der Waals surface area contributed by atoms with Crippen molar-refractivity contribution in [1.29, 1.82) is 0 Å². The van der Waals surface area contributed by atoms with Gasteiger partial charge in [0.25, 0.3) is 0 Å². The van der Waals surface area contributed by atoms with Gasteiger partial charge in [0.1, 0.15) is 5.01 Å². The zero-order valence-corrected chi connectivity index (χ0v) is 11.7. The quantitative estimate of drug-likeness (QED) is 0.788. The Hall–Kier alpha value is -0.450. The summed E-state index contributed by atoms with van der Waals surface area (Å²) in [5.41, 5.74) is 1.16. The SMILES string of the molecule is CCCNCC1CCN(Cc2nc(C)cs2)C1. The number of nitrogens with one attached hydrogen (secondary N) is 1. The molecule has 0 spiro atoms. The lowest BCUT2D eigenvalue weighted by Gasteiger charge is -2.14. The number of hydrogen-bond acceptors (Lipinski definition) is 4. The Morgan fingerprint density at radius 1 is 1.59 bits per heavy atom. The molecule has 2 rings (SSSR count). The molecule has 1 aliphatic rings. The molecule has 1 N–H and O–H groups in total. The van der Waals surface area contributed by atoms with Gasteiger partial charge in [0.15, 0.2) is 0 Å². The minimum atomic E-state index is 0.836. The second-order valence-electron chi connectivity index (χ2n) is 4.98. The summed E-state index contributed by atoms with van der Waals surface area (Å²) in [6, 6.07) is 0. The first-order valence-corrected chi connectivity index (χ1v) is 7.50. The van der Waals surface area contributed by atoms with E-state index in [0.717, 1.165) is 24.7 Å². The Morgan fingerprint density at radius 3 is 3.18 bits per heavy atom. The van der Waals surface area contributed by atoms with Gasteiger partial charge in [-0.25, -0.2) is 4.98 Å². The van der Waals surface area contributed by atoms with Crippen molar-refractivity contribution in [3.63, 3.8) is 0 Å². The predicted molar refractivity (Wildman–Crippen MR) is 73.4 cm³/mol. The molecule has 3 nitrogen and oxygen atoms in total. The topological polar surface area (TPSA) is 28.2 Å². The summed E-state index contributed by atoms with van der Waals surface area (Å²) < 4.78 is 0. The Balaban J connectivity index is 1.70. The van der Waals surface area contributed by atoms with E-state index in [9.17, 15) is 0 Å². The maximum Gasteiger partial charge on any atom is 0.107 e. The second-order valence-corrected chi connectivity index (χ2v) is 5.92. The molecular formula is C13H23N3S. The van der Waals surface area contributed by atoms with E-state index in [-0.39, 0.29) is 0 Å². The number of likely N-dealkylation sites (tertiary alicyclic amines) is 1. The van der Waals surface area contributed by atoms with Gasteiger partial charge >= 0.3 is 0 Å². The summed E-state index contributed by atoms with van der Waals surface area (Å²) >= 11 is 1.79. The molecule has 0 bridgehead atoms. The molecule has 0 amide bonds. The first kappa shape index (κ1) is 13.0. The fourth-order valence-electron chi connectivity index (χ4n) is 2.37. The molecule has 0 radical (unpaired) electrons. The third-order valence-corrected chi connectivity index (χ3v) is 4.21. The highest BCUT2D eigenvalue weighted by Gasteiger charge is 2.22. The zero-order valence-electron chi connectivity index (χ0n) is 10.9. The fourth-order valence-corrected chi connectivity index (χ4v) is 3.19. The summed E-state index contributed by atoms with van der Waals surface area (Å²) in [6.07, 6.45) is 2.57. The molecule has 4 heteroatoms. The number of nitrogens with zero attached hydrogens (tertiary/aromatic N) is 2. The highest BCUT2D eigenvalue weighted by molar-refractivity contribution is 7.09. The molecule has 1 aromatic heterocycles. The maximum absolute atomic E-state index is 4.54. The van der Waals surface area contributed by atoms with Gasteiger partial charge in [-0.3, -0.25) is 4.90 Å². The van der Waals surface area contributed by atoms with Gasteiger partial charge in [0.2, 0.25) is 0 Å². The molecule has 1 atom stereocenters. The normalized spacial score (nSPS) is 21.2. The first-order chi connectivity index (χ1) is 8.28. The lowest BCUT2D eigenvalue weighted by molar-refractivity contribution is 0.314. The Labute approximate surface area is 108 Å². The number of rotatable bonds is 6. The maximum atomic E-state index is 4.54. The van der Waals surface area contributed by atoms with Crippen molar-refractivity contribution in [1.82, 2.24) is 15.2 Å². The van der Waals surface area contributed by atoms with Crippen LogP contribution in [0.4, 0.5) is 0 Å². The minimum absolute atomic E-state index is 0.836. The monoisotopic (exact) mass is 253 g/mol. The van der Waals surface area contributed by atoms with Crippen LogP contribution >= 0.6 is 11.3 Å². The Morgan fingerprint density at radius 2 is 2.47 bits per heavy atom. The molecule has 1 unspecified atom stereocenters. The van der Waals surface area contributed by atoms with Crippen LogP contribution in [0.5, 0.6) is 0 Å². The van der Waals surface area contributed by atoms with E-state index in [4.69, 9.17) is 0 Å². The summed E-state index contributed by atoms with van der Waals surface area (Å²) in [7, 11) is 0. The summed E-state index contributed by atoms with van der Waals surface area (Å²) in [5, 5.41) is 6.94. The minimum Gasteiger partial charge on any atom is -0.316 e. The van der Waals surface area contributed by atoms with Crippen LogP contribution in [0.25, 0.3) is 0 Å². The highest BCUT2D eigenvalue weighted by atomic mass is 32.1. The fraction of sp³-hybridized carbons (Fsp3) is 0.769. The Kier molecular flexibility index (Phi) is 4.95. The van der Waals surface area contributed by atoms with E-state index in [1.807, 2.05) is 0 Å². The van der Waals surface area contributed by atoms with Gasteiger partial charge in [0.05, 0.1) is 6.54 Å². The van der Waals surface area contributed by atoms with E-state index < -0.39 is 0 Å². The van der Waals surface area contributed by atoms with Crippen LogP contribution in [-0.2, 0) is 6.54 Å². The lowest BCUT2D eigenvalue weighted by Crippen LogP contribution is -2.26.